The molecule has 0 unspecified atom stereocenters. The van der Waals surface area contributed by atoms with Crippen LogP contribution in [0.2, 0.25) is 0 Å². The summed E-state index contributed by atoms with van der Waals surface area (Å²) < 4.78 is 2.18. The highest BCUT2D eigenvalue weighted by molar-refractivity contribution is 5.92. The second-order valence-electron chi connectivity index (χ2n) is 6.44. The maximum atomic E-state index is 12.5. The van der Waals surface area contributed by atoms with Gasteiger partial charge in [0, 0.05) is 38.4 Å². The van der Waals surface area contributed by atoms with E-state index in [1.54, 1.807) is 12.3 Å². The molecule has 0 radical (unpaired) electrons. The first-order chi connectivity index (χ1) is 12.3. The van der Waals surface area contributed by atoms with Crippen LogP contribution < -0.4 is 0 Å². The van der Waals surface area contributed by atoms with Crippen molar-refractivity contribution in [1.29, 1.82) is 0 Å². The molecule has 128 valence electrons. The molecule has 3 aromatic heterocycles. The van der Waals surface area contributed by atoms with Gasteiger partial charge in [-0.3, -0.25) is 9.78 Å². The highest BCUT2D eigenvalue weighted by Gasteiger charge is 2.28. The second kappa shape index (κ2) is 6.63. The Morgan fingerprint density at radius 1 is 1.20 bits per heavy atom. The fourth-order valence-electron chi connectivity index (χ4n) is 3.59. The molecule has 1 aliphatic rings. The van der Waals surface area contributed by atoms with Gasteiger partial charge in [-0.25, -0.2) is 9.97 Å². The molecule has 25 heavy (non-hydrogen) atoms. The summed E-state index contributed by atoms with van der Waals surface area (Å²) in [6.07, 6.45) is 5.34. The van der Waals surface area contributed by atoms with Gasteiger partial charge < -0.3 is 9.47 Å². The predicted molar refractivity (Wildman–Crippen MR) is 95.2 cm³/mol. The Bertz CT molecular complexity index is 889. The number of rotatable bonds is 4. The van der Waals surface area contributed by atoms with E-state index in [2.05, 4.69) is 21.5 Å². The maximum absolute atomic E-state index is 12.5. The normalized spacial score (nSPS) is 17.3. The quantitative estimate of drug-likeness (QED) is 0.735. The molecule has 1 atom stereocenters. The third-order valence-electron chi connectivity index (χ3n) is 4.83. The topological polar surface area (TPSA) is 63.9 Å². The van der Waals surface area contributed by atoms with Crippen molar-refractivity contribution in [2.24, 2.45) is 5.92 Å². The molecule has 4 heterocycles. The van der Waals surface area contributed by atoms with Gasteiger partial charge in [-0.2, -0.15) is 0 Å². The third kappa shape index (κ3) is 2.99. The minimum Gasteiger partial charge on any atom is -0.337 e. The van der Waals surface area contributed by atoms with Gasteiger partial charge >= 0.3 is 0 Å². The van der Waals surface area contributed by atoms with E-state index < -0.39 is 0 Å². The largest absolute Gasteiger partial charge is 0.337 e. The monoisotopic (exact) mass is 335 g/mol. The number of likely N-dealkylation sites (tertiary alicyclic amines) is 1. The summed E-state index contributed by atoms with van der Waals surface area (Å²) in [7, 11) is 0. The van der Waals surface area contributed by atoms with E-state index in [1.807, 2.05) is 35.4 Å². The van der Waals surface area contributed by atoms with Gasteiger partial charge in [0.15, 0.2) is 5.65 Å². The summed E-state index contributed by atoms with van der Waals surface area (Å²) in [5, 5.41) is 0. The van der Waals surface area contributed by atoms with Crippen LogP contribution in [0.15, 0.2) is 42.7 Å². The number of pyridine rings is 2. The Balaban J connectivity index is 1.49. The van der Waals surface area contributed by atoms with Crippen LogP contribution in [0.4, 0.5) is 0 Å². The van der Waals surface area contributed by atoms with Gasteiger partial charge in [0.2, 0.25) is 0 Å². The highest BCUT2D eigenvalue weighted by atomic mass is 16.2. The third-order valence-corrected chi connectivity index (χ3v) is 4.83. The fraction of sp³-hybridized carbons (Fsp3) is 0.368. The van der Waals surface area contributed by atoms with E-state index in [0.29, 0.717) is 11.6 Å². The van der Waals surface area contributed by atoms with Gasteiger partial charge in [-0.1, -0.05) is 6.07 Å². The zero-order chi connectivity index (χ0) is 17.2. The molecule has 1 aliphatic heterocycles. The van der Waals surface area contributed by atoms with Gasteiger partial charge in [0.1, 0.15) is 17.0 Å². The molecule has 6 nitrogen and oxygen atoms in total. The van der Waals surface area contributed by atoms with Crippen LogP contribution in [0.1, 0.15) is 29.7 Å². The summed E-state index contributed by atoms with van der Waals surface area (Å²) >= 11 is 0. The van der Waals surface area contributed by atoms with Crippen LogP contribution in [-0.4, -0.2) is 43.4 Å². The Morgan fingerprint density at radius 3 is 2.88 bits per heavy atom. The summed E-state index contributed by atoms with van der Waals surface area (Å²) in [5.41, 5.74) is 2.41. The number of aromatic nitrogens is 4. The number of imidazole rings is 1. The lowest BCUT2D eigenvalue weighted by Crippen LogP contribution is -2.29. The molecule has 3 aromatic rings. The number of hydrogen-bond donors (Lipinski definition) is 0. The van der Waals surface area contributed by atoms with Crippen LogP contribution in [0.25, 0.3) is 11.2 Å². The number of hydrogen-bond acceptors (Lipinski definition) is 4. The summed E-state index contributed by atoms with van der Waals surface area (Å²) in [4.78, 5) is 27.8. The second-order valence-corrected chi connectivity index (χ2v) is 6.44. The van der Waals surface area contributed by atoms with E-state index in [9.17, 15) is 4.79 Å². The number of aryl methyl sites for hydroxylation is 1. The zero-order valence-electron chi connectivity index (χ0n) is 14.3. The number of fused-ring (bicyclic) bond motifs is 1. The van der Waals surface area contributed by atoms with Crippen molar-refractivity contribution in [3.63, 3.8) is 0 Å². The first-order valence-electron chi connectivity index (χ1n) is 8.76. The lowest BCUT2D eigenvalue weighted by molar-refractivity contribution is 0.0781. The molecule has 1 saturated heterocycles. The van der Waals surface area contributed by atoms with E-state index in [4.69, 9.17) is 4.98 Å². The van der Waals surface area contributed by atoms with Crippen LogP contribution in [-0.2, 0) is 13.0 Å². The minimum atomic E-state index is 0.0220. The van der Waals surface area contributed by atoms with E-state index in [0.717, 1.165) is 49.5 Å². The van der Waals surface area contributed by atoms with Gasteiger partial charge in [-0.05, 0) is 43.5 Å². The van der Waals surface area contributed by atoms with Crippen molar-refractivity contribution in [1.82, 2.24) is 24.4 Å². The average molecular weight is 335 g/mol. The number of nitrogens with zero attached hydrogens (tertiary/aromatic N) is 5. The SMILES string of the molecule is CCn1c(C[C@@H]2CCN(C(=O)c3ccccn3)C2)nc2cccnc21. The minimum absolute atomic E-state index is 0.0220. The van der Waals surface area contributed by atoms with E-state index in [1.165, 1.54) is 0 Å². The van der Waals surface area contributed by atoms with Gasteiger partial charge in [0.05, 0.1) is 0 Å². The smallest absolute Gasteiger partial charge is 0.272 e. The van der Waals surface area contributed by atoms with Crippen molar-refractivity contribution >= 4 is 17.1 Å². The molecule has 0 aliphatic carbocycles. The first kappa shape index (κ1) is 15.7. The molecule has 0 aromatic carbocycles. The van der Waals surface area contributed by atoms with Crippen LogP contribution in [0.3, 0.4) is 0 Å². The van der Waals surface area contributed by atoms with Crippen LogP contribution >= 0.6 is 0 Å². The van der Waals surface area contributed by atoms with Crippen LogP contribution in [0, 0.1) is 5.92 Å². The number of amides is 1. The first-order valence-corrected chi connectivity index (χ1v) is 8.76. The molecule has 0 bridgehead atoms. The van der Waals surface area contributed by atoms with Crippen molar-refractivity contribution in [3.8, 4) is 0 Å². The lowest BCUT2D eigenvalue weighted by Gasteiger charge is -2.16. The summed E-state index contributed by atoms with van der Waals surface area (Å²) in [5.74, 6) is 1.51. The van der Waals surface area contributed by atoms with E-state index in [-0.39, 0.29) is 5.91 Å². The molecule has 6 heteroatoms. The zero-order valence-corrected chi connectivity index (χ0v) is 14.3. The van der Waals surface area contributed by atoms with Crippen molar-refractivity contribution < 1.29 is 4.79 Å². The molecular weight excluding hydrogens is 314 g/mol. The predicted octanol–water partition coefficient (Wildman–Crippen LogP) is 2.55. The highest BCUT2D eigenvalue weighted by Crippen LogP contribution is 2.23. The van der Waals surface area contributed by atoms with Crippen molar-refractivity contribution in [2.45, 2.75) is 26.3 Å². The van der Waals surface area contributed by atoms with E-state index >= 15 is 0 Å². The molecule has 4 rings (SSSR count). The summed E-state index contributed by atoms with van der Waals surface area (Å²) in [6.45, 7) is 4.51. The standard InChI is InChI=1S/C19H21N5O/c1-2-24-17(22-15-7-5-10-21-18(15)24)12-14-8-11-23(13-14)19(25)16-6-3-4-9-20-16/h3-7,9-10,14H,2,8,11-13H2,1H3/t14-/m0/s1. The van der Waals surface area contributed by atoms with Crippen molar-refractivity contribution in [2.75, 3.05) is 13.1 Å². The Hall–Kier alpha value is -2.76. The maximum Gasteiger partial charge on any atom is 0.272 e. The molecule has 0 spiro atoms. The Kier molecular flexibility index (Phi) is 4.17. The molecule has 0 saturated carbocycles. The van der Waals surface area contributed by atoms with Gasteiger partial charge in [-0.15, -0.1) is 0 Å². The number of carbonyl (C=O) groups excluding carboxylic acids is 1. The molecule has 1 fully saturated rings. The fourth-order valence-corrected chi connectivity index (χ4v) is 3.59. The average Bonchev–Trinajstić information content (AvgIpc) is 3.26. The Labute approximate surface area is 146 Å². The molecule has 1 amide bonds. The lowest BCUT2D eigenvalue weighted by atomic mass is 10.0. The molecule has 0 N–H and O–H groups in total. The Morgan fingerprint density at radius 2 is 2.08 bits per heavy atom. The number of carbonyl (C=O) groups is 1. The molecular formula is C19H21N5O. The van der Waals surface area contributed by atoms with Crippen LogP contribution in [0.5, 0.6) is 0 Å². The van der Waals surface area contributed by atoms with Crippen molar-refractivity contribution in [3.05, 3.63) is 54.2 Å². The summed E-state index contributed by atoms with van der Waals surface area (Å²) in [6, 6.07) is 9.38. The van der Waals surface area contributed by atoms with Gasteiger partial charge in [0.25, 0.3) is 5.91 Å².